The molecule has 50 heavy (non-hydrogen) atoms. The van der Waals surface area contributed by atoms with Gasteiger partial charge in [-0.1, -0.05) is 183 Å². The lowest BCUT2D eigenvalue weighted by molar-refractivity contribution is 1.07. The molecule has 7 rings (SSSR count). The number of nitrogens with zero attached hydrogens (tertiary/aromatic N) is 3. The standard InChI is InChI=1S/C45H43N3Si2/c1-49(2,3)41-29-40(30-42(31-41)50(4,5)6)37-23-13-21-35(26-37)36-22-15-25-39(28-36)45-47-43(33-18-11-8-12-19-33)46-44(48-45)38-24-14-20-34(27-38)32-16-9-7-10-17-32/h7-31H,1-6H3. The van der Waals surface area contributed by atoms with E-state index in [0.29, 0.717) is 17.5 Å². The lowest BCUT2D eigenvalue weighted by Gasteiger charge is -2.24. The largest absolute Gasteiger partial charge is 0.208 e. The average molecular weight is 682 g/mol. The van der Waals surface area contributed by atoms with E-state index in [9.17, 15) is 0 Å². The molecule has 3 nitrogen and oxygen atoms in total. The zero-order valence-corrected chi connectivity index (χ0v) is 31.8. The molecule has 0 aliphatic carbocycles. The highest BCUT2D eigenvalue weighted by molar-refractivity contribution is 6.91. The van der Waals surface area contributed by atoms with Gasteiger partial charge < -0.3 is 0 Å². The quantitative estimate of drug-likeness (QED) is 0.150. The van der Waals surface area contributed by atoms with Crippen LogP contribution < -0.4 is 10.4 Å². The molecule has 0 bridgehead atoms. The highest BCUT2D eigenvalue weighted by atomic mass is 28.3. The van der Waals surface area contributed by atoms with E-state index in [-0.39, 0.29) is 0 Å². The summed E-state index contributed by atoms with van der Waals surface area (Å²) >= 11 is 0. The van der Waals surface area contributed by atoms with E-state index in [1.54, 1.807) is 0 Å². The van der Waals surface area contributed by atoms with Crippen LogP contribution in [0.25, 0.3) is 67.5 Å². The van der Waals surface area contributed by atoms with E-state index in [1.807, 2.05) is 24.3 Å². The van der Waals surface area contributed by atoms with Crippen LogP contribution in [-0.4, -0.2) is 31.1 Å². The third-order valence-corrected chi connectivity index (χ3v) is 13.3. The van der Waals surface area contributed by atoms with Gasteiger partial charge >= 0.3 is 0 Å². The van der Waals surface area contributed by atoms with Gasteiger partial charge in [0.2, 0.25) is 0 Å². The molecule has 246 valence electrons. The van der Waals surface area contributed by atoms with Gasteiger partial charge in [0.25, 0.3) is 0 Å². The summed E-state index contributed by atoms with van der Waals surface area (Å²) in [5.74, 6) is 1.96. The highest BCUT2D eigenvalue weighted by Crippen LogP contribution is 2.32. The molecule has 6 aromatic carbocycles. The van der Waals surface area contributed by atoms with Crippen LogP contribution in [0.2, 0.25) is 39.3 Å². The second kappa shape index (κ2) is 13.6. The van der Waals surface area contributed by atoms with Crippen molar-refractivity contribution in [2.24, 2.45) is 0 Å². The Hall–Kier alpha value is -5.24. The van der Waals surface area contributed by atoms with E-state index >= 15 is 0 Å². The van der Waals surface area contributed by atoms with E-state index in [2.05, 4.69) is 167 Å². The van der Waals surface area contributed by atoms with Crippen molar-refractivity contribution in [2.75, 3.05) is 0 Å². The average Bonchev–Trinajstić information content (AvgIpc) is 3.14. The molecule has 0 aliphatic heterocycles. The van der Waals surface area contributed by atoms with Gasteiger partial charge in [0, 0.05) is 16.7 Å². The Morgan fingerprint density at radius 3 is 1.04 bits per heavy atom. The fourth-order valence-electron chi connectivity index (χ4n) is 6.20. The molecular formula is C45H43N3Si2. The first-order valence-electron chi connectivity index (χ1n) is 17.4. The number of aromatic nitrogens is 3. The topological polar surface area (TPSA) is 38.7 Å². The smallest absolute Gasteiger partial charge is 0.164 e. The molecular weight excluding hydrogens is 639 g/mol. The molecule has 0 fully saturated rings. The lowest BCUT2D eigenvalue weighted by atomic mass is 9.98. The molecule has 0 spiro atoms. The predicted octanol–water partition coefficient (Wildman–Crippen LogP) is 11.0. The Labute approximate surface area is 298 Å². The maximum Gasteiger partial charge on any atom is 0.164 e. The van der Waals surface area contributed by atoms with Gasteiger partial charge in [0.05, 0.1) is 16.1 Å². The maximum atomic E-state index is 5.08. The van der Waals surface area contributed by atoms with Gasteiger partial charge in [-0.2, -0.15) is 0 Å². The molecule has 0 saturated carbocycles. The highest BCUT2D eigenvalue weighted by Gasteiger charge is 2.23. The van der Waals surface area contributed by atoms with Crippen molar-refractivity contribution in [2.45, 2.75) is 39.3 Å². The third-order valence-electron chi connectivity index (χ3n) is 9.21. The van der Waals surface area contributed by atoms with Gasteiger partial charge in [0.1, 0.15) is 0 Å². The minimum absolute atomic E-state index is 0.652. The van der Waals surface area contributed by atoms with Crippen molar-refractivity contribution in [1.82, 2.24) is 15.0 Å². The van der Waals surface area contributed by atoms with E-state index in [0.717, 1.165) is 33.4 Å². The molecule has 0 amide bonds. The first kappa shape index (κ1) is 33.3. The Balaban J connectivity index is 1.31. The van der Waals surface area contributed by atoms with Crippen LogP contribution in [0.5, 0.6) is 0 Å². The molecule has 0 radical (unpaired) electrons. The molecule has 0 unspecified atom stereocenters. The van der Waals surface area contributed by atoms with Crippen LogP contribution >= 0.6 is 0 Å². The summed E-state index contributed by atoms with van der Waals surface area (Å²) < 4.78 is 0. The fourth-order valence-corrected chi connectivity index (χ4v) is 8.69. The molecule has 0 N–H and O–H groups in total. The monoisotopic (exact) mass is 681 g/mol. The number of rotatable bonds is 8. The van der Waals surface area contributed by atoms with Crippen molar-refractivity contribution in [3.8, 4) is 67.5 Å². The zero-order chi connectivity index (χ0) is 34.9. The lowest BCUT2D eigenvalue weighted by Crippen LogP contribution is -2.45. The Morgan fingerprint density at radius 2 is 0.600 bits per heavy atom. The van der Waals surface area contributed by atoms with Crippen LogP contribution in [0.1, 0.15) is 0 Å². The Morgan fingerprint density at radius 1 is 0.280 bits per heavy atom. The van der Waals surface area contributed by atoms with Gasteiger partial charge in [-0.3, -0.25) is 0 Å². The van der Waals surface area contributed by atoms with E-state index < -0.39 is 16.1 Å². The summed E-state index contributed by atoms with van der Waals surface area (Å²) in [4.78, 5) is 15.1. The predicted molar refractivity (Wildman–Crippen MR) is 218 cm³/mol. The minimum atomic E-state index is -1.51. The minimum Gasteiger partial charge on any atom is -0.208 e. The van der Waals surface area contributed by atoms with Gasteiger partial charge in [0.15, 0.2) is 17.5 Å². The van der Waals surface area contributed by atoms with Crippen LogP contribution in [0.4, 0.5) is 0 Å². The van der Waals surface area contributed by atoms with E-state index in [1.165, 1.54) is 27.1 Å². The summed E-state index contributed by atoms with van der Waals surface area (Å²) in [6.45, 7) is 14.7. The summed E-state index contributed by atoms with van der Waals surface area (Å²) in [5, 5.41) is 3.04. The number of benzene rings is 6. The van der Waals surface area contributed by atoms with Gasteiger partial charge in [-0.15, -0.1) is 0 Å². The second-order valence-corrected chi connectivity index (χ2v) is 25.2. The summed E-state index contributed by atoms with van der Waals surface area (Å²) in [5.41, 5.74) is 10.0. The summed E-state index contributed by atoms with van der Waals surface area (Å²) in [6.07, 6.45) is 0. The van der Waals surface area contributed by atoms with Crippen molar-refractivity contribution in [3.63, 3.8) is 0 Å². The summed E-state index contributed by atoms with van der Waals surface area (Å²) in [7, 11) is -3.01. The first-order chi connectivity index (χ1) is 24.0. The van der Waals surface area contributed by atoms with Crippen LogP contribution in [0.15, 0.2) is 152 Å². The van der Waals surface area contributed by atoms with Gasteiger partial charge in [-0.05, 0) is 51.6 Å². The van der Waals surface area contributed by atoms with Crippen molar-refractivity contribution in [1.29, 1.82) is 0 Å². The number of hydrogen-bond donors (Lipinski definition) is 0. The number of hydrogen-bond acceptors (Lipinski definition) is 3. The SMILES string of the molecule is C[Si](C)(C)c1cc(-c2cccc(-c3cccc(-c4nc(-c5ccccc5)nc(-c5cccc(-c6ccccc6)c5)n4)c3)c2)cc([Si](C)(C)C)c1. The van der Waals surface area contributed by atoms with Crippen molar-refractivity contribution >= 4 is 26.5 Å². The van der Waals surface area contributed by atoms with Crippen molar-refractivity contribution < 1.29 is 0 Å². The first-order valence-corrected chi connectivity index (χ1v) is 24.4. The second-order valence-electron chi connectivity index (χ2n) is 15.1. The molecule has 1 heterocycles. The third kappa shape index (κ3) is 7.35. The molecule has 0 aliphatic rings. The van der Waals surface area contributed by atoms with Crippen LogP contribution in [0.3, 0.4) is 0 Å². The zero-order valence-electron chi connectivity index (χ0n) is 29.8. The molecule has 0 atom stereocenters. The van der Waals surface area contributed by atoms with Crippen LogP contribution in [-0.2, 0) is 0 Å². The molecule has 1 aromatic heterocycles. The van der Waals surface area contributed by atoms with E-state index in [4.69, 9.17) is 15.0 Å². The molecule has 5 heteroatoms. The van der Waals surface area contributed by atoms with Crippen LogP contribution in [0, 0.1) is 0 Å². The maximum absolute atomic E-state index is 5.08. The summed E-state index contributed by atoms with van der Waals surface area (Å²) in [6, 6.07) is 54.0. The Bertz CT molecular complexity index is 2250. The van der Waals surface area contributed by atoms with Gasteiger partial charge in [-0.25, -0.2) is 15.0 Å². The van der Waals surface area contributed by atoms with Crippen molar-refractivity contribution in [3.05, 3.63) is 152 Å². The Kier molecular flexibility index (Phi) is 9.04. The molecule has 7 aromatic rings. The fraction of sp³-hybridized carbons (Fsp3) is 0.133. The normalized spacial score (nSPS) is 11.8. The molecule has 0 saturated heterocycles.